The van der Waals surface area contributed by atoms with Crippen molar-refractivity contribution in [1.82, 2.24) is 5.32 Å². The van der Waals surface area contributed by atoms with Crippen molar-refractivity contribution in [2.75, 3.05) is 0 Å². The first kappa shape index (κ1) is 13.9. The number of thiol groups is 1. The topological polar surface area (TPSA) is 55.1 Å². The van der Waals surface area contributed by atoms with Crippen LogP contribution in [0.15, 0.2) is 27.6 Å². The first-order valence-electron chi connectivity index (χ1n) is 6.13. The second-order valence-corrected chi connectivity index (χ2v) is 6.09. The van der Waals surface area contributed by atoms with Gasteiger partial charge in [-0.3, -0.25) is 4.79 Å². The summed E-state index contributed by atoms with van der Waals surface area (Å²) in [7, 11) is 0. The minimum Gasteiger partial charge on any atom is -0.348 e. The fraction of sp³-hybridized carbons (Fsp3) is 0.462. The average Bonchev–Trinajstić information content (AvgIpc) is 2.32. The summed E-state index contributed by atoms with van der Waals surface area (Å²) in [5.41, 5.74) is 6.62. The zero-order chi connectivity index (χ0) is 13.1. The van der Waals surface area contributed by atoms with Gasteiger partial charge in [-0.25, -0.2) is 0 Å². The molecule has 0 radical (unpaired) electrons. The molecule has 0 aliphatic heterocycles. The molecular weight excluding hydrogens is 312 g/mol. The number of rotatable bonds is 2. The monoisotopic (exact) mass is 328 g/mol. The average molecular weight is 329 g/mol. The van der Waals surface area contributed by atoms with Crippen molar-refractivity contribution in [3.63, 3.8) is 0 Å². The van der Waals surface area contributed by atoms with Gasteiger partial charge in [-0.1, -0.05) is 28.8 Å². The zero-order valence-corrected chi connectivity index (χ0v) is 12.5. The minimum atomic E-state index is -0.0881. The highest BCUT2D eigenvalue weighted by atomic mass is 79.9. The second kappa shape index (κ2) is 6.08. The van der Waals surface area contributed by atoms with Crippen molar-refractivity contribution in [1.29, 1.82) is 0 Å². The van der Waals surface area contributed by atoms with E-state index in [1.807, 2.05) is 12.1 Å². The van der Waals surface area contributed by atoms with Gasteiger partial charge in [-0.05, 0) is 31.0 Å². The van der Waals surface area contributed by atoms with E-state index in [1.165, 1.54) is 0 Å². The summed E-state index contributed by atoms with van der Waals surface area (Å²) < 4.78 is 0.915. The van der Waals surface area contributed by atoms with Gasteiger partial charge in [0.15, 0.2) is 0 Å². The van der Waals surface area contributed by atoms with Crippen LogP contribution in [-0.2, 0) is 0 Å². The molecule has 18 heavy (non-hydrogen) atoms. The van der Waals surface area contributed by atoms with Crippen LogP contribution in [0.2, 0.25) is 0 Å². The molecule has 3 N–H and O–H groups in total. The molecule has 0 bridgehead atoms. The van der Waals surface area contributed by atoms with Crippen LogP contribution in [-0.4, -0.2) is 18.0 Å². The summed E-state index contributed by atoms with van der Waals surface area (Å²) in [4.78, 5) is 12.8. The van der Waals surface area contributed by atoms with Crippen molar-refractivity contribution in [3.8, 4) is 0 Å². The molecule has 3 nitrogen and oxygen atoms in total. The molecule has 1 aliphatic rings. The maximum atomic E-state index is 12.2. The highest BCUT2D eigenvalue weighted by Gasteiger charge is 2.24. The Labute approximate surface area is 121 Å². The Morgan fingerprint density at radius 1 is 1.39 bits per heavy atom. The molecule has 5 heteroatoms. The third-order valence-corrected chi connectivity index (χ3v) is 4.20. The van der Waals surface area contributed by atoms with Crippen LogP contribution in [0.5, 0.6) is 0 Å². The largest absolute Gasteiger partial charge is 0.348 e. The predicted molar refractivity (Wildman–Crippen MR) is 79.1 cm³/mol. The molecule has 2 unspecified atom stereocenters. The lowest BCUT2D eigenvalue weighted by atomic mass is 9.91. The Bertz CT molecular complexity index is 453. The molecule has 1 aromatic carbocycles. The summed E-state index contributed by atoms with van der Waals surface area (Å²) in [5.74, 6) is -0.0881. The molecule has 0 aromatic heterocycles. The fourth-order valence-corrected chi connectivity index (χ4v) is 3.13. The fourth-order valence-electron chi connectivity index (χ4n) is 2.28. The zero-order valence-electron chi connectivity index (χ0n) is 10.0. The van der Waals surface area contributed by atoms with E-state index in [1.54, 1.807) is 6.07 Å². The van der Waals surface area contributed by atoms with Gasteiger partial charge in [0.05, 0.1) is 5.56 Å². The van der Waals surface area contributed by atoms with Crippen molar-refractivity contribution >= 4 is 34.5 Å². The molecular formula is C13H17BrN2OS. The van der Waals surface area contributed by atoms with Crippen LogP contribution in [0.25, 0.3) is 0 Å². The van der Waals surface area contributed by atoms with Crippen LogP contribution in [0.3, 0.4) is 0 Å². The van der Waals surface area contributed by atoms with Gasteiger partial charge in [0, 0.05) is 21.5 Å². The molecule has 1 saturated carbocycles. The number of amides is 1. The molecule has 1 aliphatic carbocycles. The van der Waals surface area contributed by atoms with Crippen molar-refractivity contribution in [3.05, 3.63) is 28.2 Å². The first-order chi connectivity index (χ1) is 8.58. The van der Waals surface area contributed by atoms with Gasteiger partial charge in [0.25, 0.3) is 5.91 Å². The number of nitrogens with one attached hydrogen (secondary N) is 1. The van der Waals surface area contributed by atoms with Gasteiger partial charge in [-0.2, -0.15) is 0 Å². The Balaban J connectivity index is 2.07. The molecule has 98 valence electrons. The van der Waals surface area contributed by atoms with Crippen LogP contribution >= 0.6 is 28.6 Å². The third-order valence-electron chi connectivity index (χ3n) is 3.34. The number of nitrogens with two attached hydrogens (primary N) is 1. The molecule has 1 aromatic rings. The van der Waals surface area contributed by atoms with E-state index in [0.29, 0.717) is 10.5 Å². The van der Waals surface area contributed by atoms with E-state index in [9.17, 15) is 4.79 Å². The van der Waals surface area contributed by atoms with Crippen LogP contribution in [0, 0.1) is 0 Å². The highest BCUT2D eigenvalue weighted by Crippen LogP contribution is 2.21. The first-order valence-corrected chi connectivity index (χ1v) is 7.37. The summed E-state index contributed by atoms with van der Waals surface area (Å²) in [6.07, 6.45) is 4.24. The lowest BCUT2D eigenvalue weighted by molar-refractivity contribution is 0.0918. The van der Waals surface area contributed by atoms with Crippen LogP contribution < -0.4 is 11.1 Å². The lowest BCUT2D eigenvalue weighted by Crippen LogP contribution is -2.49. The molecule has 0 heterocycles. The lowest BCUT2D eigenvalue weighted by Gasteiger charge is -2.29. The summed E-state index contributed by atoms with van der Waals surface area (Å²) >= 11 is 7.68. The van der Waals surface area contributed by atoms with Gasteiger partial charge >= 0.3 is 0 Å². The van der Waals surface area contributed by atoms with Gasteiger partial charge in [-0.15, -0.1) is 12.6 Å². The van der Waals surface area contributed by atoms with E-state index >= 15 is 0 Å². The number of carbonyl (C=O) groups is 1. The maximum absolute atomic E-state index is 12.2. The van der Waals surface area contributed by atoms with Crippen molar-refractivity contribution < 1.29 is 4.79 Å². The van der Waals surface area contributed by atoms with Gasteiger partial charge in [0.2, 0.25) is 0 Å². The number of carbonyl (C=O) groups excluding carboxylic acids is 1. The van der Waals surface area contributed by atoms with Crippen molar-refractivity contribution in [2.24, 2.45) is 5.73 Å². The minimum absolute atomic E-state index is 0.0708. The van der Waals surface area contributed by atoms with Gasteiger partial charge < -0.3 is 11.1 Å². The Kier molecular flexibility index (Phi) is 4.70. The predicted octanol–water partition coefficient (Wildman–Crippen LogP) is 2.74. The quantitative estimate of drug-likeness (QED) is 0.731. The standard InChI is InChI=1S/C13H17BrN2OS/c14-8-5-6-9(12(18)7-8)13(17)16-11-4-2-1-3-10(11)15/h5-7,10-11,18H,1-4,15H2,(H,16,17). The molecule has 2 rings (SSSR count). The normalized spacial score (nSPS) is 23.7. The number of benzene rings is 1. The molecule has 0 saturated heterocycles. The van der Waals surface area contributed by atoms with Crippen LogP contribution in [0.4, 0.5) is 0 Å². The van der Waals surface area contributed by atoms with E-state index in [4.69, 9.17) is 5.73 Å². The summed E-state index contributed by atoms with van der Waals surface area (Å²) in [5, 5.41) is 3.02. The second-order valence-electron chi connectivity index (χ2n) is 4.69. The number of halogens is 1. The van der Waals surface area contributed by atoms with Crippen LogP contribution in [0.1, 0.15) is 36.0 Å². The summed E-state index contributed by atoms with van der Waals surface area (Å²) in [6.45, 7) is 0. The van der Waals surface area contributed by atoms with E-state index < -0.39 is 0 Å². The molecule has 2 atom stereocenters. The smallest absolute Gasteiger partial charge is 0.252 e. The number of hydrogen-bond acceptors (Lipinski definition) is 3. The highest BCUT2D eigenvalue weighted by molar-refractivity contribution is 9.10. The van der Waals surface area contributed by atoms with E-state index in [0.717, 1.165) is 30.2 Å². The molecule has 1 amide bonds. The van der Waals surface area contributed by atoms with Crippen molar-refractivity contribution in [2.45, 2.75) is 42.7 Å². The molecule has 1 fully saturated rings. The number of hydrogen-bond donors (Lipinski definition) is 3. The van der Waals surface area contributed by atoms with E-state index in [2.05, 4.69) is 33.9 Å². The Morgan fingerprint density at radius 3 is 2.78 bits per heavy atom. The third kappa shape index (κ3) is 3.28. The van der Waals surface area contributed by atoms with Gasteiger partial charge in [0.1, 0.15) is 0 Å². The summed E-state index contributed by atoms with van der Waals surface area (Å²) in [6, 6.07) is 5.59. The molecule has 0 spiro atoms. The Morgan fingerprint density at radius 2 is 2.11 bits per heavy atom. The van der Waals surface area contributed by atoms with E-state index in [-0.39, 0.29) is 18.0 Å². The SMILES string of the molecule is NC1CCCCC1NC(=O)c1ccc(Br)cc1S. The Hall–Kier alpha value is -0.520. The maximum Gasteiger partial charge on any atom is 0.252 e.